The highest BCUT2D eigenvalue weighted by Crippen LogP contribution is 2.27. The molecule has 2 amide bonds. The van der Waals surface area contributed by atoms with Gasteiger partial charge in [-0.25, -0.2) is 0 Å². The Bertz CT molecular complexity index is 607. The summed E-state index contributed by atoms with van der Waals surface area (Å²) in [6.45, 7) is 1.70. The minimum absolute atomic E-state index is 0.105. The molecule has 1 aromatic rings. The molecule has 2 fully saturated rings. The van der Waals surface area contributed by atoms with E-state index in [2.05, 4.69) is 0 Å². The van der Waals surface area contributed by atoms with Crippen LogP contribution >= 0.6 is 11.8 Å². The number of hydrogen-bond acceptors (Lipinski definition) is 3. The molecule has 0 spiro atoms. The van der Waals surface area contributed by atoms with E-state index in [0.29, 0.717) is 11.8 Å². The summed E-state index contributed by atoms with van der Waals surface area (Å²) < 4.78 is 0. The standard InChI is InChI=1S/C20H28N2O2S/c1-21(16-9-3-2-4-10-16)19(23)15-25-18-12-6-5-11-17(18)20(24)22-13-7-8-14-22/h5-6,11-12,16H,2-4,7-10,13-15H2,1H3. The molecule has 136 valence electrons. The molecule has 0 radical (unpaired) electrons. The van der Waals surface area contributed by atoms with Crippen molar-refractivity contribution in [2.24, 2.45) is 0 Å². The van der Waals surface area contributed by atoms with Crippen molar-refractivity contribution in [1.82, 2.24) is 9.80 Å². The second kappa shape index (κ2) is 8.75. The molecule has 4 nitrogen and oxygen atoms in total. The molecular weight excluding hydrogens is 332 g/mol. The lowest BCUT2D eigenvalue weighted by molar-refractivity contribution is -0.129. The van der Waals surface area contributed by atoms with Crippen LogP contribution < -0.4 is 0 Å². The zero-order valence-corrected chi connectivity index (χ0v) is 15.9. The summed E-state index contributed by atoms with van der Waals surface area (Å²) in [5.41, 5.74) is 0.738. The fourth-order valence-corrected chi connectivity index (χ4v) is 4.74. The van der Waals surface area contributed by atoms with E-state index in [9.17, 15) is 9.59 Å². The Morgan fingerprint density at radius 3 is 2.48 bits per heavy atom. The lowest BCUT2D eigenvalue weighted by atomic mass is 9.94. The molecule has 0 aromatic heterocycles. The number of likely N-dealkylation sites (tertiary alicyclic amines) is 1. The first-order valence-electron chi connectivity index (χ1n) is 9.43. The molecule has 5 heteroatoms. The molecule has 1 saturated carbocycles. The van der Waals surface area contributed by atoms with Gasteiger partial charge in [0.15, 0.2) is 0 Å². The van der Waals surface area contributed by atoms with Crippen LogP contribution in [-0.2, 0) is 4.79 Å². The lowest BCUT2D eigenvalue weighted by Crippen LogP contribution is -2.39. The van der Waals surface area contributed by atoms with Crippen molar-refractivity contribution in [1.29, 1.82) is 0 Å². The SMILES string of the molecule is CN(C(=O)CSc1ccccc1C(=O)N1CCCC1)C1CCCCC1. The van der Waals surface area contributed by atoms with Crippen LogP contribution in [0.4, 0.5) is 0 Å². The van der Waals surface area contributed by atoms with Gasteiger partial charge in [0.1, 0.15) is 0 Å². The zero-order valence-electron chi connectivity index (χ0n) is 15.1. The van der Waals surface area contributed by atoms with Crippen molar-refractivity contribution in [2.45, 2.75) is 55.9 Å². The number of benzene rings is 1. The van der Waals surface area contributed by atoms with Crippen LogP contribution in [0.1, 0.15) is 55.3 Å². The maximum Gasteiger partial charge on any atom is 0.254 e. The maximum atomic E-state index is 12.7. The van der Waals surface area contributed by atoms with Crippen molar-refractivity contribution < 1.29 is 9.59 Å². The van der Waals surface area contributed by atoms with Gasteiger partial charge in [-0.15, -0.1) is 11.8 Å². The Morgan fingerprint density at radius 1 is 1.08 bits per heavy atom. The van der Waals surface area contributed by atoms with Gasteiger partial charge in [0, 0.05) is 31.1 Å². The average molecular weight is 361 g/mol. The van der Waals surface area contributed by atoms with Crippen LogP contribution in [0, 0.1) is 0 Å². The Kier molecular flexibility index (Phi) is 6.40. The van der Waals surface area contributed by atoms with Crippen LogP contribution in [0.15, 0.2) is 29.2 Å². The Balaban J connectivity index is 1.60. The topological polar surface area (TPSA) is 40.6 Å². The number of thioether (sulfide) groups is 1. The highest BCUT2D eigenvalue weighted by molar-refractivity contribution is 8.00. The van der Waals surface area contributed by atoms with E-state index < -0.39 is 0 Å². The number of hydrogen-bond donors (Lipinski definition) is 0. The monoisotopic (exact) mass is 360 g/mol. The van der Waals surface area contributed by atoms with Gasteiger partial charge in [0.05, 0.1) is 11.3 Å². The van der Waals surface area contributed by atoms with Gasteiger partial charge < -0.3 is 9.80 Å². The minimum atomic E-state index is 0.105. The molecule has 0 unspecified atom stereocenters. The minimum Gasteiger partial charge on any atom is -0.342 e. The van der Waals surface area contributed by atoms with Crippen LogP contribution in [0.2, 0.25) is 0 Å². The highest BCUT2D eigenvalue weighted by atomic mass is 32.2. The molecule has 1 saturated heterocycles. The zero-order chi connectivity index (χ0) is 17.6. The van der Waals surface area contributed by atoms with Crippen LogP contribution in [0.3, 0.4) is 0 Å². The first-order valence-corrected chi connectivity index (χ1v) is 10.4. The van der Waals surface area contributed by atoms with E-state index in [1.807, 2.05) is 41.1 Å². The summed E-state index contributed by atoms with van der Waals surface area (Å²) in [4.78, 5) is 30.0. The van der Waals surface area contributed by atoms with Crippen molar-refractivity contribution in [3.05, 3.63) is 29.8 Å². The van der Waals surface area contributed by atoms with Crippen molar-refractivity contribution in [3.8, 4) is 0 Å². The van der Waals surface area contributed by atoms with E-state index in [0.717, 1.165) is 49.2 Å². The molecule has 1 aromatic carbocycles. The number of carbonyl (C=O) groups excluding carboxylic acids is 2. The fourth-order valence-electron chi connectivity index (χ4n) is 3.77. The molecule has 25 heavy (non-hydrogen) atoms. The van der Waals surface area contributed by atoms with Crippen molar-refractivity contribution in [2.75, 3.05) is 25.9 Å². The Labute approximate surface area is 154 Å². The molecule has 1 aliphatic carbocycles. The predicted octanol–water partition coefficient (Wildman–Crippen LogP) is 3.81. The third-order valence-electron chi connectivity index (χ3n) is 5.38. The normalized spacial score (nSPS) is 18.4. The van der Waals surface area contributed by atoms with E-state index >= 15 is 0 Å². The fraction of sp³-hybridized carbons (Fsp3) is 0.600. The largest absolute Gasteiger partial charge is 0.342 e. The van der Waals surface area contributed by atoms with Crippen LogP contribution in [0.5, 0.6) is 0 Å². The molecule has 1 heterocycles. The third-order valence-corrected chi connectivity index (χ3v) is 6.44. The van der Waals surface area contributed by atoms with Gasteiger partial charge in [-0.3, -0.25) is 9.59 Å². The first kappa shape index (κ1) is 18.3. The second-order valence-corrected chi connectivity index (χ2v) is 8.10. The van der Waals surface area contributed by atoms with Gasteiger partial charge in [-0.05, 0) is 37.8 Å². The summed E-state index contributed by atoms with van der Waals surface area (Å²) in [7, 11) is 1.93. The van der Waals surface area contributed by atoms with Gasteiger partial charge in [-0.2, -0.15) is 0 Å². The van der Waals surface area contributed by atoms with Crippen LogP contribution in [-0.4, -0.2) is 53.5 Å². The number of amides is 2. The van der Waals surface area contributed by atoms with E-state index in [4.69, 9.17) is 0 Å². The molecule has 0 atom stereocenters. The number of carbonyl (C=O) groups is 2. The van der Waals surface area contributed by atoms with Crippen molar-refractivity contribution in [3.63, 3.8) is 0 Å². The van der Waals surface area contributed by atoms with E-state index in [1.165, 1.54) is 31.0 Å². The number of nitrogens with zero attached hydrogens (tertiary/aromatic N) is 2. The Hall–Kier alpha value is -1.49. The molecule has 0 bridgehead atoms. The third kappa shape index (κ3) is 4.57. The quantitative estimate of drug-likeness (QED) is 0.750. The molecule has 0 N–H and O–H groups in total. The predicted molar refractivity (Wildman–Crippen MR) is 102 cm³/mol. The van der Waals surface area contributed by atoms with Crippen molar-refractivity contribution >= 4 is 23.6 Å². The summed E-state index contributed by atoms with van der Waals surface area (Å²) in [5.74, 6) is 0.672. The smallest absolute Gasteiger partial charge is 0.254 e. The van der Waals surface area contributed by atoms with E-state index in [1.54, 1.807) is 0 Å². The first-order chi connectivity index (χ1) is 12.2. The summed E-state index contributed by atoms with van der Waals surface area (Å²) in [6, 6.07) is 8.09. The summed E-state index contributed by atoms with van der Waals surface area (Å²) in [5, 5.41) is 0. The van der Waals surface area contributed by atoms with Gasteiger partial charge in [-0.1, -0.05) is 31.4 Å². The summed E-state index contributed by atoms with van der Waals surface area (Å²) >= 11 is 1.50. The second-order valence-electron chi connectivity index (χ2n) is 7.08. The van der Waals surface area contributed by atoms with Gasteiger partial charge >= 0.3 is 0 Å². The average Bonchev–Trinajstić information content (AvgIpc) is 3.20. The molecule has 3 rings (SSSR count). The number of rotatable bonds is 5. The molecule has 1 aliphatic heterocycles. The van der Waals surface area contributed by atoms with E-state index in [-0.39, 0.29) is 11.8 Å². The van der Waals surface area contributed by atoms with Gasteiger partial charge in [0.2, 0.25) is 5.91 Å². The highest BCUT2D eigenvalue weighted by Gasteiger charge is 2.24. The maximum absolute atomic E-state index is 12.7. The van der Waals surface area contributed by atoms with Crippen LogP contribution in [0.25, 0.3) is 0 Å². The Morgan fingerprint density at radius 2 is 1.76 bits per heavy atom. The van der Waals surface area contributed by atoms with Gasteiger partial charge in [0.25, 0.3) is 5.91 Å². The molecular formula is C20H28N2O2S. The lowest BCUT2D eigenvalue weighted by Gasteiger charge is -2.31. The molecule has 2 aliphatic rings. The summed E-state index contributed by atoms with van der Waals surface area (Å²) in [6.07, 6.45) is 8.16.